The van der Waals surface area contributed by atoms with Crippen molar-refractivity contribution in [1.29, 1.82) is 0 Å². The molecule has 7 heteroatoms. The number of fused-ring (bicyclic) bond motifs is 5. The Hall–Kier alpha value is -2.90. The van der Waals surface area contributed by atoms with Gasteiger partial charge in [-0.2, -0.15) is 0 Å². The second-order valence-electron chi connectivity index (χ2n) is 9.14. The number of carbonyl (C=O) groups is 1. The van der Waals surface area contributed by atoms with Crippen LogP contribution >= 0.6 is 0 Å². The van der Waals surface area contributed by atoms with Crippen molar-refractivity contribution in [2.75, 3.05) is 27.3 Å². The fraction of sp³-hybridized carbons (Fsp3) is 0.462. The maximum atomic E-state index is 12.6. The van der Waals surface area contributed by atoms with Crippen molar-refractivity contribution < 1.29 is 23.8 Å². The maximum absolute atomic E-state index is 12.6. The Bertz CT molecular complexity index is 1110. The highest BCUT2D eigenvalue weighted by atomic mass is 16.5. The highest BCUT2D eigenvalue weighted by Crippen LogP contribution is 2.51. The van der Waals surface area contributed by atoms with E-state index in [0.29, 0.717) is 24.3 Å². The minimum absolute atomic E-state index is 0.0363. The van der Waals surface area contributed by atoms with E-state index >= 15 is 0 Å². The van der Waals surface area contributed by atoms with Gasteiger partial charge in [-0.25, -0.2) is 4.79 Å². The normalized spacial score (nSPS) is 29.0. The summed E-state index contributed by atoms with van der Waals surface area (Å²) < 4.78 is 15.6. The number of esters is 1. The lowest BCUT2D eigenvalue weighted by Gasteiger charge is -2.50. The van der Waals surface area contributed by atoms with E-state index in [1.165, 1.54) is 13.4 Å². The number of rotatable bonds is 5. The lowest BCUT2D eigenvalue weighted by Crippen LogP contribution is -2.60. The average molecular weight is 451 g/mol. The van der Waals surface area contributed by atoms with Crippen LogP contribution in [-0.2, 0) is 19.9 Å². The Kier molecular flexibility index (Phi) is 5.62. The van der Waals surface area contributed by atoms with Crippen LogP contribution in [0.15, 0.2) is 58.0 Å². The molecule has 7 nitrogen and oxygen atoms in total. The molecule has 0 unspecified atom stereocenters. The van der Waals surface area contributed by atoms with Gasteiger partial charge in [0.2, 0.25) is 0 Å². The third-order valence-corrected chi connectivity index (χ3v) is 7.58. The summed E-state index contributed by atoms with van der Waals surface area (Å²) in [6.07, 6.45) is 7.07. The van der Waals surface area contributed by atoms with Gasteiger partial charge in [-0.05, 0) is 42.4 Å². The second kappa shape index (κ2) is 8.47. The molecule has 4 heterocycles. The topological polar surface area (TPSA) is 84.5 Å². The highest BCUT2D eigenvalue weighted by Gasteiger charge is 2.54. The van der Waals surface area contributed by atoms with Gasteiger partial charge in [-0.15, -0.1) is 0 Å². The van der Waals surface area contributed by atoms with Gasteiger partial charge in [-0.1, -0.05) is 25.5 Å². The molecule has 1 aromatic carbocycles. The zero-order chi connectivity index (χ0) is 23.2. The number of furan rings is 1. The molecule has 3 aliphatic rings. The molecule has 0 spiro atoms. The second-order valence-corrected chi connectivity index (χ2v) is 9.14. The molecule has 2 saturated heterocycles. The van der Waals surface area contributed by atoms with Gasteiger partial charge in [-0.3, -0.25) is 9.89 Å². The molecule has 0 aliphatic carbocycles. The summed E-state index contributed by atoms with van der Waals surface area (Å²) in [6.45, 7) is 3.76. The Morgan fingerprint density at radius 1 is 1.36 bits per heavy atom. The molecule has 2 aromatic rings. The number of ether oxygens (including phenoxy) is 2. The summed E-state index contributed by atoms with van der Waals surface area (Å²) >= 11 is 0. The van der Waals surface area contributed by atoms with E-state index in [0.717, 1.165) is 47.6 Å². The number of hydrogen-bond acceptors (Lipinski definition) is 7. The summed E-state index contributed by atoms with van der Waals surface area (Å²) in [7, 11) is 2.95. The van der Waals surface area contributed by atoms with E-state index in [-0.39, 0.29) is 17.9 Å². The smallest absolute Gasteiger partial charge is 0.337 e. The quantitative estimate of drug-likeness (QED) is 0.420. The lowest BCUT2D eigenvalue weighted by atomic mass is 9.69. The van der Waals surface area contributed by atoms with Crippen LogP contribution in [0.3, 0.4) is 0 Å². The first-order valence-corrected chi connectivity index (χ1v) is 11.5. The summed E-state index contributed by atoms with van der Waals surface area (Å²) in [5.74, 6) is -0.108. The molecule has 174 valence electrons. The number of aliphatic imine (C=N–C) groups is 1. The fourth-order valence-electron chi connectivity index (χ4n) is 5.98. The average Bonchev–Trinajstić information content (AvgIpc) is 3.48. The van der Waals surface area contributed by atoms with Gasteiger partial charge >= 0.3 is 5.97 Å². The fourth-order valence-corrected chi connectivity index (χ4v) is 5.98. The summed E-state index contributed by atoms with van der Waals surface area (Å²) in [5.41, 5.74) is 3.74. The standard InChI is InChI=1S/C26H30N2O5/c1-4-16-13-28-10-9-26(30)23-18(17-8-11-33-14-17)6-5-7-21(23)27-24(26)22(28)12-19(16)20(15-31-2)25(29)32-3/h5-8,11,14-16,19,22,30H,4,9-10,12-13H2,1-3H3/b20-15+/t16-,19+,22+,26+/m1/s1. The summed E-state index contributed by atoms with van der Waals surface area (Å²) in [5, 5.41) is 12.1. The molecule has 0 saturated carbocycles. The van der Waals surface area contributed by atoms with Crippen molar-refractivity contribution in [3.63, 3.8) is 0 Å². The summed E-state index contributed by atoms with van der Waals surface area (Å²) in [6, 6.07) is 7.79. The predicted octanol–water partition coefficient (Wildman–Crippen LogP) is 4.04. The Morgan fingerprint density at radius 3 is 2.91 bits per heavy atom. The number of piperidine rings is 2. The minimum atomic E-state index is -1.13. The molecule has 4 atom stereocenters. The number of aliphatic hydroxyl groups is 1. The molecule has 5 rings (SSSR count). The highest BCUT2D eigenvalue weighted by molar-refractivity contribution is 6.06. The van der Waals surface area contributed by atoms with E-state index in [9.17, 15) is 9.90 Å². The van der Waals surface area contributed by atoms with Gasteiger partial charge in [0, 0.05) is 24.2 Å². The van der Waals surface area contributed by atoms with Crippen LogP contribution in [0.4, 0.5) is 5.69 Å². The van der Waals surface area contributed by atoms with Crippen molar-refractivity contribution in [3.8, 4) is 11.1 Å². The molecule has 0 amide bonds. The van der Waals surface area contributed by atoms with Crippen molar-refractivity contribution in [2.24, 2.45) is 16.8 Å². The van der Waals surface area contributed by atoms with Crippen LogP contribution in [0.1, 0.15) is 31.7 Å². The molecule has 0 radical (unpaired) electrons. The Morgan fingerprint density at radius 2 is 2.21 bits per heavy atom. The van der Waals surface area contributed by atoms with Crippen LogP contribution < -0.4 is 0 Å². The molecular formula is C26H30N2O5. The maximum Gasteiger partial charge on any atom is 0.337 e. The Labute approximate surface area is 193 Å². The van der Waals surface area contributed by atoms with Gasteiger partial charge in [0.1, 0.15) is 5.60 Å². The first kappa shape index (κ1) is 21.9. The monoisotopic (exact) mass is 450 g/mol. The molecule has 3 aliphatic heterocycles. The van der Waals surface area contributed by atoms with E-state index in [1.807, 2.05) is 24.3 Å². The number of hydrogen-bond donors (Lipinski definition) is 1. The van der Waals surface area contributed by atoms with E-state index in [1.54, 1.807) is 19.6 Å². The molecule has 2 fully saturated rings. The van der Waals surface area contributed by atoms with Crippen LogP contribution in [0.5, 0.6) is 0 Å². The van der Waals surface area contributed by atoms with Crippen molar-refractivity contribution in [1.82, 2.24) is 4.90 Å². The zero-order valence-electron chi connectivity index (χ0n) is 19.3. The van der Waals surface area contributed by atoms with Crippen molar-refractivity contribution in [3.05, 3.63) is 54.2 Å². The molecule has 1 N–H and O–H groups in total. The summed E-state index contributed by atoms with van der Waals surface area (Å²) in [4.78, 5) is 20.0. The van der Waals surface area contributed by atoms with Crippen LogP contribution in [0.25, 0.3) is 11.1 Å². The minimum Gasteiger partial charge on any atom is -0.504 e. The van der Waals surface area contributed by atoms with Gasteiger partial charge in [0.25, 0.3) is 0 Å². The van der Waals surface area contributed by atoms with Gasteiger partial charge in [0.15, 0.2) is 0 Å². The van der Waals surface area contributed by atoms with Crippen LogP contribution in [0, 0.1) is 11.8 Å². The van der Waals surface area contributed by atoms with Crippen LogP contribution in [-0.4, -0.2) is 55.0 Å². The van der Waals surface area contributed by atoms with Crippen molar-refractivity contribution in [2.45, 2.75) is 37.8 Å². The predicted molar refractivity (Wildman–Crippen MR) is 124 cm³/mol. The number of methoxy groups -OCH3 is 2. The van der Waals surface area contributed by atoms with E-state index < -0.39 is 5.60 Å². The lowest BCUT2D eigenvalue weighted by molar-refractivity contribution is -0.137. The van der Waals surface area contributed by atoms with Crippen LogP contribution in [0.2, 0.25) is 0 Å². The molecular weight excluding hydrogens is 420 g/mol. The molecule has 1 aromatic heterocycles. The molecule has 33 heavy (non-hydrogen) atoms. The van der Waals surface area contributed by atoms with Gasteiger partial charge < -0.3 is 19.0 Å². The molecule has 0 bridgehead atoms. The number of nitrogens with zero attached hydrogens (tertiary/aromatic N) is 2. The first-order valence-electron chi connectivity index (χ1n) is 11.5. The number of carbonyl (C=O) groups excluding carboxylic acids is 1. The zero-order valence-corrected chi connectivity index (χ0v) is 19.3. The van der Waals surface area contributed by atoms with E-state index in [4.69, 9.17) is 18.9 Å². The third kappa shape index (κ3) is 3.42. The van der Waals surface area contributed by atoms with E-state index in [2.05, 4.69) is 11.8 Å². The first-order chi connectivity index (χ1) is 16.0. The Balaban J connectivity index is 1.54. The SMILES string of the molecule is CC[C@@H]1CN2CC[C@@]3(O)C(=Nc4cccc(-c5ccoc5)c43)[C@@H]2C[C@@H]1/C(=C\OC)C(=O)OC. The largest absolute Gasteiger partial charge is 0.504 e. The van der Waals surface area contributed by atoms with Gasteiger partial charge in [0.05, 0.1) is 56.0 Å². The van der Waals surface area contributed by atoms with Crippen molar-refractivity contribution >= 4 is 17.4 Å². The number of benzene rings is 1. The third-order valence-electron chi connectivity index (χ3n) is 7.58.